The van der Waals surface area contributed by atoms with E-state index in [1.165, 1.54) is 11.8 Å². The van der Waals surface area contributed by atoms with Gasteiger partial charge in [0.15, 0.2) is 0 Å². The summed E-state index contributed by atoms with van der Waals surface area (Å²) in [6.45, 7) is 9.38. The quantitative estimate of drug-likeness (QED) is 0.842. The molecule has 0 aromatic heterocycles. The van der Waals surface area contributed by atoms with Crippen molar-refractivity contribution in [1.82, 2.24) is 10.6 Å². The lowest BCUT2D eigenvalue weighted by Gasteiger charge is -2.21. The highest BCUT2D eigenvalue weighted by atomic mass is 32.2. The average molecular weight is 294 g/mol. The van der Waals surface area contributed by atoms with Crippen LogP contribution in [-0.4, -0.2) is 22.7 Å². The maximum Gasteiger partial charge on any atom is 0.321 e. The first-order chi connectivity index (χ1) is 9.19. The first kappa shape index (κ1) is 16.6. The van der Waals surface area contributed by atoms with Gasteiger partial charge in [-0.2, -0.15) is 0 Å². The molecular weight excluding hydrogens is 272 g/mol. The molecule has 0 aliphatic rings. The molecule has 0 bridgehead atoms. The van der Waals surface area contributed by atoms with Crippen molar-refractivity contribution >= 4 is 23.7 Å². The summed E-state index contributed by atoms with van der Waals surface area (Å²) in [6.07, 6.45) is 0. The van der Waals surface area contributed by atoms with Gasteiger partial charge >= 0.3 is 6.03 Å². The van der Waals surface area contributed by atoms with Gasteiger partial charge in [-0.3, -0.25) is 10.1 Å². The Morgan fingerprint density at radius 1 is 1.20 bits per heavy atom. The summed E-state index contributed by atoms with van der Waals surface area (Å²) in [5.41, 5.74) is 0.757. The van der Waals surface area contributed by atoms with Gasteiger partial charge in [0.1, 0.15) is 0 Å². The van der Waals surface area contributed by atoms with Gasteiger partial charge < -0.3 is 5.32 Å². The van der Waals surface area contributed by atoms with Crippen LogP contribution in [-0.2, 0) is 4.79 Å². The van der Waals surface area contributed by atoms with E-state index in [1.54, 1.807) is 6.92 Å². The number of carbonyl (C=O) groups excluding carboxylic acids is 2. The SMILES string of the molecule is Cc1ccccc1SC(C)C(=O)NC(=O)NC(C)(C)C. The third-order valence-corrected chi connectivity index (χ3v) is 3.77. The van der Waals surface area contributed by atoms with Crippen LogP contribution in [0.4, 0.5) is 4.79 Å². The summed E-state index contributed by atoms with van der Waals surface area (Å²) >= 11 is 1.45. The fourth-order valence-corrected chi connectivity index (χ4v) is 2.48. The topological polar surface area (TPSA) is 58.2 Å². The third kappa shape index (κ3) is 5.65. The molecule has 0 aliphatic carbocycles. The molecule has 5 heteroatoms. The molecule has 0 spiro atoms. The molecule has 1 rings (SSSR count). The number of hydrogen-bond donors (Lipinski definition) is 2. The molecule has 0 heterocycles. The molecule has 20 heavy (non-hydrogen) atoms. The Morgan fingerprint density at radius 3 is 2.35 bits per heavy atom. The minimum Gasteiger partial charge on any atom is -0.333 e. The largest absolute Gasteiger partial charge is 0.333 e. The number of urea groups is 1. The molecule has 2 N–H and O–H groups in total. The number of nitrogens with one attached hydrogen (secondary N) is 2. The minimum atomic E-state index is -0.459. The lowest BCUT2D eigenvalue weighted by molar-refractivity contribution is -0.119. The monoisotopic (exact) mass is 294 g/mol. The molecule has 0 saturated heterocycles. The predicted molar refractivity (Wildman–Crippen MR) is 82.9 cm³/mol. The van der Waals surface area contributed by atoms with E-state index in [2.05, 4.69) is 10.6 Å². The summed E-state index contributed by atoms with van der Waals surface area (Å²) in [5.74, 6) is -0.292. The van der Waals surface area contributed by atoms with Crippen molar-refractivity contribution in [2.75, 3.05) is 0 Å². The van der Waals surface area contributed by atoms with Crippen LogP contribution >= 0.6 is 11.8 Å². The van der Waals surface area contributed by atoms with Crippen molar-refractivity contribution in [3.63, 3.8) is 0 Å². The first-order valence-corrected chi connectivity index (χ1v) is 7.42. The molecule has 1 aromatic carbocycles. The second-order valence-electron chi connectivity index (χ2n) is 5.72. The molecule has 110 valence electrons. The van der Waals surface area contributed by atoms with Crippen molar-refractivity contribution in [3.05, 3.63) is 29.8 Å². The van der Waals surface area contributed by atoms with E-state index in [9.17, 15) is 9.59 Å². The van der Waals surface area contributed by atoms with Crippen LogP contribution in [0.5, 0.6) is 0 Å². The van der Waals surface area contributed by atoms with Gasteiger partial charge in [0.05, 0.1) is 5.25 Å². The molecule has 0 saturated carbocycles. The van der Waals surface area contributed by atoms with Crippen LogP contribution in [0.1, 0.15) is 33.3 Å². The Balaban J connectivity index is 2.56. The summed E-state index contributed by atoms with van der Waals surface area (Å²) in [4.78, 5) is 24.7. The summed E-state index contributed by atoms with van der Waals surface area (Å²) in [6, 6.07) is 7.41. The normalized spacial score (nSPS) is 12.7. The number of hydrogen-bond acceptors (Lipinski definition) is 3. The average Bonchev–Trinajstić information content (AvgIpc) is 2.29. The third-order valence-electron chi connectivity index (χ3n) is 2.49. The number of carbonyl (C=O) groups is 2. The van der Waals surface area contributed by atoms with Gasteiger partial charge in [-0.25, -0.2) is 4.79 Å². The highest BCUT2D eigenvalue weighted by Crippen LogP contribution is 2.26. The molecule has 1 aromatic rings. The maximum atomic E-state index is 12.0. The zero-order chi connectivity index (χ0) is 15.3. The van der Waals surface area contributed by atoms with Crippen molar-refractivity contribution < 1.29 is 9.59 Å². The minimum absolute atomic E-state index is 0.292. The number of amides is 3. The number of benzene rings is 1. The van der Waals surface area contributed by atoms with Gasteiger partial charge in [-0.1, -0.05) is 18.2 Å². The van der Waals surface area contributed by atoms with Crippen LogP contribution in [0.25, 0.3) is 0 Å². The standard InChI is InChI=1S/C15H22N2O2S/c1-10-8-6-7-9-12(10)20-11(2)13(18)16-14(19)17-15(3,4)5/h6-9,11H,1-5H3,(H2,16,17,18,19). The lowest BCUT2D eigenvalue weighted by atomic mass is 10.1. The van der Waals surface area contributed by atoms with Crippen molar-refractivity contribution in [2.24, 2.45) is 0 Å². The summed E-state index contributed by atoms with van der Waals surface area (Å²) in [5, 5.41) is 4.73. The van der Waals surface area contributed by atoms with Gasteiger partial charge in [-0.15, -0.1) is 11.8 Å². The van der Waals surface area contributed by atoms with Crippen LogP contribution in [0.15, 0.2) is 29.2 Å². The Bertz CT molecular complexity index is 495. The van der Waals surface area contributed by atoms with Crippen molar-refractivity contribution in [2.45, 2.75) is 50.3 Å². The van der Waals surface area contributed by atoms with E-state index in [1.807, 2.05) is 52.0 Å². The fraction of sp³-hybridized carbons (Fsp3) is 0.467. The Hall–Kier alpha value is -1.49. The molecule has 3 amide bonds. The second-order valence-corrected chi connectivity index (χ2v) is 7.10. The molecule has 4 nitrogen and oxygen atoms in total. The molecule has 1 atom stereocenters. The van der Waals surface area contributed by atoms with Gasteiger partial charge in [0, 0.05) is 10.4 Å². The van der Waals surface area contributed by atoms with Crippen LogP contribution in [0.2, 0.25) is 0 Å². The number of imide groups is 1. The summed E-state index contributed by atoms with van der Waals surface area (Å²) < 4.78 is 0. The van der Waals surface area contributed by atoms with E-state index in [-0.39, 0.29) is 16.7 Å². The highest BCUT2D eigenvalue weighted by Gasteiger charge is 2.20. The van der Waals surface area contributed by atoms with E-state index < -0.39 is 6.03 Å². The highest BCUT2D eigenvalue weighted by molar-refractivity contribution is 8.00. The Morgan fingerprint density at radius 2 is 1.80 bits per heavy atom. The molecule has 0 radical (unpaired) electrons. The molecular formula is C15H22N2O2S. The Labute approximate surface area is 124 Å². The molecule has 0 fully saturated rings. The Kier molecular flexibility index (Phi) is 5.62. The van der Waals surface area contributed by atoms with Crippen LogP contribution in [0, 0.1) is 6.92 Å². The second kappa shape index (κ2) is 6.79. The van der Waals surface area contributed by atoms with Crippen LogP contribution < -0.4 is 10.6 Å². The smallest absolute Gasteiger partial charge is 0.321 e. The van der Waals surface area contributed by atoms with E-state index in [0.717, 1.165) is 10.5 Å². The van der Waals surface area contributed by atoms with E-state index in [4.69, 9.17) is 0 Å². The van der Waals surface area contributed by atoms with Gasteiger partial charge in [-0.05, 0) is 46.2 Å². The van der Waals surface area contributed by atoms with E-state index >= 15 is 0 Å². The van der Waals surface area contributed by atoms with Crippen LogP contribution in [0.3, 0.4) is 0 Å². The molecule has 0 aliphatic heterocycles. The zero-order valence-electron chi connectivity index (χ0n) is 12.6. The van der Waals surface area contributed by atoms with Crippen molar-refractivity contribution in [3.8, 4) is 0 Å². The fourth-order valence-electron chi connectivity index (χ4n) is 1.52. The molecule has 1 unspecified atom stereocenters. The summed E-state index contributed by atoms with van der Waals surface area (Å²) in [7, 11) is 0. The van der Waals surface area contributed by atoms with E-state index in [0.29, 0.717) is 0 Å². The maximum absolute atomic E-state index is 12.0. The van der Waals surface area contributed by atoms with Crippen molar-refractivity contribution in [1.29, 1.82) is 0 Å². The zero-order valence-corrected chi connectivity index (χ0v) is 13.4. The number of aryl methyl sites for hydroxylation is 1. The lowest BCUT2D eigenvalue weighted by Crippen LogP contribution is -2.49. The van der Waals surface area contributed by atoms with Gasteiger partial charge in [0.2, 0.25) is 5.91 Å². The van der Waals surface area contributed by atoms with Gasteiger partial charge in [0.25, 0.3) is 0 Å². The number of thioether (sulfide) groups is 1. The predicted octanol–water partition coefficient (Wildman–Crippen LogP) is 3.10. The first-order valence-electron chi connectivity index (χ1n) is 6.54. The number of rotatable bonds is 3.